The zero-order valence-corrected chi connectivity index (χ0v) is 14.9. The van der Waals surface area contributed by atoms with E-state index in [-0.39, 0.29) is 0 Å². The van der Waals surface area contributed by atoms with E-state index < -0.39 is 0 Å². The molecule has 6 heteroatoms. The molecule has 2 aromatic rings. The molecule has 1 fully saturated rings. The molecular weight excluding hydrogens is 312 g/mol. The maximum atomic E-state index is 4.88. The van der Waals surface area contributed by atoms with E-state index in [9.17, 15) is 0 Å². The zero-order chi connectivity index (χ0) is 17.1. The van der Waals surface area contributed by atoms with Gasteiger partial charge < -0.3 is 9.80 Å². The summed E-state index contributed by atoms with van der Waals surface area (Å²) < 4.78 is 0. The molecule has 0 aliphatic carbocycles. The number of anilines is 1. The van der Waals surface area contributed by atoms with E-state index in [0.717, 1.165) is 70.4 Å². The third-order valence-corrected chi connectivity index (χ3v) is 5.21. The first-order chi connectivity index (χ1) is 12.3. The van der Waals surface area contributed by atoms with Crippen LogP contribution in [0.2, 0.25) is 0 Å². The van der Waals surface area contributed by atoms with Gasteiger partial charge in [-0.05, 0) is 18.7 Å². The number of fused-ring (bicyclic) bond motifs is 1. The van der Waals surface area contributed by atoms with Crippen LogP contribution < -0.4 is 4.90 Å². The molecule has 4 heterocycles. The first-order valence-corrected chi connectivity index (χ1v) is 9.26. The summed E-state index contributed by atoms with van der Waals surface area (Å²) in [5.74, 6) is 0.910. The summed E-state index contributed by atoms with van der Waals surface area (Å²) in [6, 6.07) is 6.10. The van der Waals surface area contributed by atoms with Crippen LogP contribution in [0.5, 0.6) is 0 Å². The SMILES string of the molecule is CCN1CCN(c2ncc3c(n2)CCN(Cc2ccccn2)C3)CC1. The van der Waals surface area contributed by atoms with Crippen LogP contribution >= 0.6 is 0 Å². The second kappa shape index (κ2) is 7.45. The van der Waals surface area contributed by atoms with Crippen molar-refractivity contribution in [2.75, 3.05) is 44.2 Å². The zero-order valence-electron chi connectivity index (χ0n) is 14.9. The van der Waals surface area contributed by atoms with E-state index in [0.29, 0.717) is 0 Å². The largest absolute Gasteiger partial charge is 0.338 e. The highest BCUT2D eigenvalue weighted by Gasteiger charge is 2.22. The summed E-state index contributed by atoms with van der Waals surface area (Å²) in [6.07, 6.45) is 4.89. The Labute approximate surface area is 149 Å². The van der Waals surface area contributed by atoms with Crippen molar-refractivity contribution in [3.05, 3.63) is 47.5 Å². The molecule has 1 saturated heterocycles. The van der Waals surface area contributed by atoms with Crippen molar-refractivity contribution in [2.24, 2.45) is 0 Å². The Balaban J connectivity index is 1.41. The molecule has 0 N–H and O–H groups in total. The lowest BCUT2D eigenvalue weighted by Crippen LogP contribution is -2.47. The first-order valence-electron chi connectivity index (χ1n) is 9.26. The average molecular weight is 338 g/mol. The highest BCUT2D eigenvalue weighted by molar-refractivity contribution is 5.35. The van der Waals surface area contributed by atoms with E-state index in [4.69, 9.17) is 4.98 Å². The maximum Gasteiger partial charge on any atom is 0.225 e. The van der Waals surface area contributed by atoms with Gasteiger partial charge in [-0.15, -0.1) is 0 Å². The number of likely N-dealkylation sites (N-methyl/N-ethyl adjacent to an activating group) is 1. The Morgan fingerprint density at radius 1 is 1.00 bits per heavy atom. The van der Waals surface area contributed by atoms with Gasteiger partial charge in [-0.25, -0.2) is 9.97 Å². The summed E-state index contributed by atoms with van der Waals surface area (Å²) in [5, 5.41) is 0. The van der Waals surface area contributed by atoms with Crippen molar-refractivity contribution in [1.29, 1.82) is 0 Å². The number of aromatic nitrogens is 3. The average Bonchev–Trinajstić information content (AvgIpc) is 2.68. The number of hydrogen-bond acceptors (Lipinski definition) is 6. The fraction of sp³-hybridized carbons (Fsp3) is 0.526. The van der Waals surface area contributed by atoms with Gasteiger partial charge >= 0.3 is 0 Å². The molecule has 2 aromatic heterocycles. The van der Waals surface area contributed by atoms with Crippen LogP contribution in [0.3, 0.4) is 0 Å². The molecule has 0 aromatic carbocycles. The normalized spacial score (nSPS) is 19.0. The molecule has 0 saturated carbocycles. The summed E-state index contributed by atoms with van der Waals surface area (Å²) in [7, 11) is 0. The van der Waals surface area contributed by atoms with E-state index in [1.165, 1.54) is 11.3 Å². The molecule has 0 radical (unpaired) electrons. The van der Waals surface area contributed by atoms with E-state index >= 15 is 0 Å². The van der Waals surface area contributed by atoms with Gasteiger partial charge in [0.1, 0.15) is 0 Å². The third-order valence-electron chi connectivity index (χ3n) is 5.21. The van der Waals surface area contributed by atoms with Crippen LogP contribution in [-0.4, -0.2) is 64.0 Å². The van der Waals surface area contributed by atoms with Crippen molar-refractivity contribution in [3.63, 3.8) is 0 Å². The molecule has 2 aliphatic rings. The van der Waals surface area contributed by atoms with Gasteiger partial charge in [0.2, 0.25) is 5.95 Å². The molecule has 4 rings (SSSR count). The smallest absolute Gasteiger partial charge is 0.225 e. The molecule has 6 nitrogen and oxygen atoms in total. The van der Waals surface area contributed by atoms with Gasteiger partial charge in [-0.3, -0.25) is 9.88 Å². The molecular formula is C19H26N6. The summed E-state index contributed by atoms with van der Waals surface area (Å²) >= 11 is 0. The Morgan fingerprint density at radius 2 is 1.88 bits per heavy atom. The van der Waals surface area contributed by atoms with Crippen LogP contribution in [0.25, 0.3) is 0 Å². The van der Waals surface area contributed by atoms with Crippen molar-refractivity contribution in [1.82, 2.24) is 24.8 Å². The highest BCUT2D eigenvalue weighted by atomic mass is 15.3. The number of rotatable bonds is 4. The van der Waals surface area contributed by atoms with Crippen LogP contribution in [0.4, 0.5) is 5.95 Å². The predicted octanol–water partition coefficient (Wildman–Crippen LogP) is 1.57. The Hall–Kier alpha value is -2.05. The molecule has 132 valence electrons. The third kappa shape index (κ3) is 3.80. The molecule has 2 aliphatic heterocycles. The van der Waals surface area contributed by atoms with Gasteiger partial charge in [-0.2, -0.15) is 0 Å². The number of hydrogen-bond donors (Lipinski definition) is 0. The van der Waals surface area contributed by atoms with Crippen LogP contribution in [0.1, 0.15) is 23.9 Å². The van der Waals surface area contributed by atoms with Crippen LogP contribution in [-0.2, 0) is 19.5 Å². The standard InChI is InChI=1S/C19H26N6/c1-2-23-9-11-25(12-10-23)19-21-13-16-14-24(8-6-18(16)22-19)15-17-5-3-4-7-20-17/h3-5,7,13H,2,6,8-12,14-15H2,1H3. The highest BCUT2D eigenvalue weighted by Crippen LogP contribution is 2.21. The van der Waals surface area contributed by atoms with Gasteiger partial charge in [0.25, 0.3) is 0 Å². The Bertz CT molecular complexity index is 696. The lowest BCUT2D eigenvalue weighted by molar-refractivity contribution is 0.239. The second-order valence-electron chi connectivity index (χ2n) is 6.84. The summed E-state index contributed by atoms with van der Waals surface area (Å²) in [6.45, 7) is 10.5. The maximum absolute atomic E-state index is 4.88. The lowest BCUT2D eigenvalue weighted by atomic mass is 10.1. The van der Waals surface area contributed by atoms with E-state index in [1.54, 1.807) is 0 Å². The minimum atomic E-state index is 0.890. The quantitative estimate of drug-likeness (QED) is 0.843. The fourth-order valence-corrected chi connectivity index (χ4v) is 3.64. The molecule has 0 bridgehead atoms. The van der Waals surface area contributed by atoms with Crippen molar-refractivity contribution >= 4 is 5.95 Å². The van der Waals surface area contributed by atoms with Crippen LogP contribution in [0.15, 0.2) is 30.6 Å². The minimum Gasteiger partial charge on any atom is -0.338 e. The number of piperazine rings is 1. The molecule has 0 unspecified atom stereocenters. The second-order valence-corrected chi connectivity index (χ2v) is 6.84. The lowest BCUT2D eigenvalue weighted by Gasteiger charge is -2.34. The van der Waals surface area contributed by atoms with E-state index in [2.05, 4.69) is 37.7 Å². The summed E-state index contributed by atoms with van der Waals surface area (Å²) in [5.41, 5.74) is 3.61. The first kappa shape index (κ1) is 16.4. The topological polar surface area (TPSA) is 48.4 Å². The van der Waals surface area contributed by atoms with Gasteiger partial charge in [-0.1, -0.05) is 13.0 Å². The Kier molecular flexibility index (Phi) is 4.90. The molecule has 0 amide bonds. The minimum absolute atomic E-state index is 0.890. The van der Waals surface area contributed by atoms with Crippen molar-refractivity contribution in [3.8, 4) is 0 Å². The van der Waals surface area contributed by atoms with Crippen LogP contribution in [0, 0.1) is 0 Å². The molecule has 25 heavy (non-hydrogen) atoms. The fourth-order valence-electron chi connectivity index (χ4n) is 3.64. The predicted molar refractivity (Wildman–Crippen MR) is 98.4 cm³/mol. The van der Waals surface area contributed by atoms with Gasteiger partial charge in [0.15, 0.2) is 0 Å². The molecule has 0 atom stereocenters. The van der Waals surface area contributed by atoms with E-state index in [1.807, 2.05) is 24.5 Å². The van der Waals surface area contributed by atoms with Crippen molar-refractivity contribution in [2.45, 2.75) is 26.4 Å². The number of nitrogens with zero attached hydrogens (tertiary/aromatic N) is 6. The van der Waals surface area contributed by atoms with Gasteiger partial charge in [0, 0.05) is 70.2 Å². The molecule has 0 spiro atoms. The monoisotopic (exact) mass is 338 g/mol. The van der Waals surface area contributed by atoms with Crippen molar-refractivity contribution < 1.29 is 0 Å². The number of pyridine rings is 1. The summed E-state index contributed by atoms with van der Waals surface area (Å²) in [4.78, 5) is 21.2. The Morgan fingerprint density at radius 3 is 2.64 bits per heavy atom. The van der Waals surface area contributed by atoms with Gasteiger partial charge in [0.05, 0.1) is 11.4 Å².